The molecule has 2 aromatic rings. The van der Waals surface area contributed by atoms with E-state index in [1.165, 1.54) is 55.5 Å². The molecule has 2 aromatic carbocycles. The van der Waals surface area contributed by atoms with Crippen molar-refractivity contribution >= 4 is 21.7 Å². The molecule has 0 saturated carbocycles. The molecule has 29 heavy (non-hydrogen) atoms. The van der Waals surface area contributed by atoms with Crippen LogP contribution in [-0.2, 0) is 16.6 Å². The van der Waals surface area contributed by atoms with Crippen molar-refractivity contribution in [1.82, 2.24) is 9.62 Å². The predicted molar refractivity (Wildman–Crippen MR) is 99.9 cm³/mol. The highest BCUT2D eigenvalue weighted by Crippen LogP contribution is 2.17. The van der Waals surface area contributed by atoms with Crippen LogP contribution in [0.4, 0.5) is 13.2 Å². The molecular weight excluding hydrogens is 409 g/mol. The number of nitrogens with one attached hydrogen (secondary N) is 1. The summed E-state index contributed by atoms with van der Waals surface area (Å²) in [6, 6.07) is 11.0. The zero-order valence-corrected chi connectivity index (χ0v) is 16.5. The van der Waals surface area contributed by atoms with Crippen LogP contribution in [0.1, 0.15) is 33.2 Å². The van der Waals surface area contributed by atoms with Gasteiger partial charge < -0.3 is 4.90 Å². The Hall–Kier alpha value is -2.72. The van der Waals surface area contributed by atoms with Crippen molar-refractivity contribution < 1.29 is 31.2 Å². The second-order valence-corrected chi connectivity index (χ2v) is 8.15. The van der Waals surface area contributed by atoms with Gasteiger partial charge in [-0.2, -0.15) is 13.2 Å². The van der Waals surface area contributed by atoms with Crippen LogP contribution >= 0.6 is 0 Å². The molecule has 156 valence electrons. The first-order valence-corrected chi connectivity index (χ1v) is 9.89. The quantitative estimate of drug-likeness (QED) is 0.688. The van der Waals surface area contributed by atoms with E-state index in [4.69, 9.17) is 0 Å². The van der Waals surface area contributed by atoms with Gasteiger partial charge in [0, 0.05) is 24.7 Å². The van der Waals surface area contributed by atoms with E-state index in [2.05, 4.69) is 4.72 Å². The average molecular weight is 428 g/mol. The maximum absolute atomic E-state index is 12.4. The van der Waals surface area contributed by atoms with Gasteiger partial charge in [-0.05, 0) is 36.8 Å². The van der Waals surface area contributed by atoms with E-state index in [0.717, 1.165) is 7.05 Å². The van der Waals surface area contributed by atoms with Gasteiger partial charge in [0.15, 0.2) is 5.78 Å². The molecule has 0 saturated heterocycles. The van der Waals surface area contributed by atoms with Gasteiger partial charge in [0.25, 0.3) is 5.91 Å². The molecule has 1 amide bonds. The van der Waals surface area contributed by atoms with Crippen LogP contribution in [-0.4, -0.2) is 44.8 Å². The summed E-state index contributed by atoms with van der Waals surface area (Å²) in [5.41, 5.74) is 0.965. The fourth-order valence-corrected chi connectivity index (χ4v) is 3.47. The molecule has 0 aliphatic carbocycles. The van der Waals surface area contributed by atoms with Crippen LogP contribution in [0.5, 0.6) is 0 Å². The SMILES string of the molecule is CC(=O)c1ccc(S(=O)(=O)NCc2ccc(C(=O)N(C)CC(F)(F)F)cc2)cc1. The number of amides is 1. The molecule has 2 rings (SSSR count). The lowest BCUT2D eigenvalue weighted by Crippen LogP contribution is -2.35. The van der Waals surface area contributed by atoms with E-state index in [-0.39, 0.29) is 22.8 Å². The number of ketones is 1. The van der Waals surface area contributed by atoms with Crippen molar-refractivity contribution in [3.63, 3.8) is 0 Å². The van der Waals surface area contributed by atoms with Crippen molar-refractivity contribution in [2.24, 2.45) is 0 Å². The Balaban J connectivity index is 2.02. The van der Waals surface area contributed by atoms with E-state index in [1.54, 1.807) is 0 Å². The summed E-state index contributed by atoms with van der Waals surface area (Å²) in [6.07, 6.45) is -4.49. The highest BCUT2D eigenvalue weighted by atomic mass is 32.2. The topological polar surface area (TPSA) is 83.5 Å². The van der Waals surface area contributed by atoms with Crippen LogP contribution in [0.15, 0.2) is 53.4 Å². The summed E-state index contributed by atoms with van der Waals surface area (Å²) in [4.78, 5) is 23.8. The summed E-state index contributed by atoms with van der Waals surface area (Å²) in [5.74, 6) is -0.975. The summed E-state index contributed by atoms with van der Waals surface area (Å²) in [5, 5.41) is 0. The van der Waals surface area contributed by atoms with E-state index < -0.39 is 28.7 Å². The first-order chi connectivity index (χ1) is 13.4. The Morgan fingerprint density at radius 2 is 1.48 bits per heavy atom. The third-order valence-corrected chi connectivity index (χ3v) is 5.42. The fraction of sp³-hybridized carbons (Fsp3) is 0.263. The number of hydrogen-bond donors (Lipinski definition) is 1. The van der Waals surface area contributed by atoms with Crippen molar-refractivity contribution in [3.05, 3.63) is 65.2 Å². The molecule has 0 bridgehead atoms. The van der Waals surface area contributed by atoms with E-state index >= 15 is 0 Å². The number of Topliss-reactive ketones (excluding diaryl/α,β-unsaturated/α-hetero) is 1. The Kier molecular flexibility index (Phi) is 6.81. The number of sulfonamides is 1. The summed E-state index contributed by atoms with van der Waals surface area (Å²) in [7, 11) is -2.77. The van der Waals surface area contributed by atoms with Crippen molar-refractivity contribution in [2.75, 3.05) is 13.6 Å². The number of carbonyl (C=O) groups excluding carboxylic acids is 2. The Labute approximate surface area is 166 Å². The Bertz CT molecular complexity index is 986. The third kappa shape index (κ3) is 6.40. The maximum Gasteiger partial charge on any atom is 0.406 e. The zero-order chi connectivity index (χ0) is 21.8. The largest absolute Gasteiger partial charge is 0.406 e. The summed E-state index contributed by atoms with van der Waals surface area (Å²) >= 11 is 0. The lowest BCUT2D eigenvalue weighted by atomic mass is 10.1. The number of carbonyl (C=O) groups is 2. The lowest BCUT2D eigenvalue weighted by molar-refractivity contribution is -0.138. The smallest absolute Gasteiger partial charge is 0.333 e. The number of hydrogen-bond acceptors (Lipinski definition) is 4. The molecule has 0 heterocycles. The number of halogens is 3. The second kappa shape index (κ2) is 8.75. The molecule has 6 nitrogen and oxygen atoms in total. The van der Waals surface area contributed by atoms with Gasteiger partial charge in [0.05, 0.1) is 4.90 Å². The number of nitrogens with zero attached hydrogens (tertiary/aromatic N) is 1. The molecular formula is C19H19F3N2O4S. The lowest BCUT2D eigenvalue weighted by Gasteiger charge is -2.19. The normalized spacial score (nSPS) is 11.9. The first kappa shape index (κ1) is 22.6. The zero-order valence-electron chi connectivity index (χ0n) is 15.7. The molecule has 0 radical (unpaired) electrons. The minimum absolute atomic E-state index is 0.0110. The fourth-order valence-electron chi connectivity index (χ4n) is 2.46. The van der Waals surface area contributed by atoms with Crippen LogP contribution in [0.25, 0.3) is 0 Å². The van der Waals surface area contributed by atoms with Crippen LogP contribution in [0.2, 0.25) is 0 Å². The predicted octanol–water partition coefficient (Wildman–Crippen LogP) is 3.00. The monoisotopic (exact) mass is 428 g/mol. The maximum atomic E-state index is 12.4. The van der Waals surface area contributed by atoms with Crippen LogP contribution in [0, 0.1) is 0 Å². The highest BCUT2D eigenvalue weighted by Gasteiger charge is 2.31. The van der Waals surface area contributed by atoms with Gasteiger partial charge in [-0.1, -0.05) is 24.3 Å². The second-order valence-electron chi connectivity index (χ2n) is 6.38. The standard InChI is InChI=1S/C19H19F3N2O4S/c1-13(25)15-7-9-17(10-8-15)29(27,28)23-11-14-3-5-16(6-4-14)18(26)24(2)12-19(20,21)22/h3-10,23H,11-12H2,1-2H3. The molecule has 0 atom stereocenters. The summed E-state index contributed by atoms with van der Waals surface area (Å²) in [6.45, 7) is -0.0729. The Morgan fingerprint density at radius 3 is 1.97 bits per heavy atom. The Morgan fingerprint density at radius 1 is 0.966 bits per heavy atom. The van der Waals surface area contributed by atoms with Gasteiger partial charge in [-0.3, -0.25) is 9.59 Å². The van der Waals surface area contributed by atoms with Gasteiger partial charge in [0.1, 0.15) is 6.54 Å². The van der Waals surface area contributed by atoms with Crippen molar-refractivity contribution in [3.8, 4) is 0 Å². The van der Waals surface area contributed by atoms with Crippen molar-refractivity contribution in [2.45, 2.75) is 24.5 Å². The molecule has 0 aromatic heterocycles. The van der Waals surface area contributed by atoms with E-state index in [1.807, 2.05) is 0 Å². The molecule has 0 fully saturated rings. The minimum atomic E-state index is -4.49. The van der Waals surface area contributed by atoms with Gasteiger partial charge in [-0.15, -0.1) is 0 Å². The van der Waals surface area contributed by atoms with Gasteiger partial charge >= 0.3 is 6.18 Å². The molecule has 10 heteroatoms. The molecule has 0 unspecified atom stereocenters. The first-order valence-electron chi connectivity index (χ1n) is 8.41. The summed E-state index contributed by atoms with van der Waals surface area (Å²) < 4.78 is 64.2. The molecule has 1 N–H and O–H groups in total. The molecule has 0 spiro atoms. The van der Waals surface area contributed by atoms with Crippen LogP contribution < -0.4 is 4.72 Å². The van der Waals surface area contributed by atoms with Gasteiger partial charge in [-0.25, -0.2) is 13.1 Å². The van der Waals surface area contributed by atoms with E-state index in [0.29, 0.717) is 16.0 Å². The molecule has 0 aliphatic heterocycles. The number of alkyl halides is 3. The van der Waals surface area contributed by atoms with Crippen molar-refractivity contribution in [1.29, 1.82) is 0 Å². The number of benzene rings is 2. The van der Waals surface area contributed by atoms with Gasteiger partial charge in [0.2, 0.25) is 10.0 Å². The average Bonchev–Trinajstić information content (AvgIpc) is 2.65. The third-order valence-electron chi connectivity index (χ3n) is 4.00. The minimum Gasteiger partial charge on any atom is -0.333 e. The number of rotatable bonds is 7. The highest BCUT2D eigenvalue weighted by molar-refractivity contribution is 7.89. The molecule has 0 aliphatic rings. The van der Waals surface area contributed by atoms with E-state index in [9.17, 15) is 31.2 Å². The van der Waals surface area contributed by atoms with Crippen LogP contribution in [0.3, 0.4) is 0 Å².